The molecule has 104 valence electrons. The Morgan fingerprint density at radius 3 is 2.75 bits per heavy atom. The van der Waals surface area contributed by atoms with Gasteiger partial charge in [0.25, 0.3) is 11.4 Å². The molecule has 1 aliphatic heterocycles. The first kappa shape index (κ1) is 13.2. The van der Waals surface area contributed by atoms with Gasteiger partial charge in [-0.25, -0.2) is 0 Å². The number of nitrogens with zero attached hydrogens (tertiary/aromatic N) is 2. The minimum atomic E-state index is 0.636. The van der Waals surface area contributed by atoms with Gasteiger partial charge in [-0.2, -0.15) is 9.13 Å². The maximum Gasteiger partial charge on any atom is 0.277 e. The molecular formula is C16H20N2O2+2. The molecule has 0 aliphatic carbocycles. The Hall–Kier alpha value is -1.78. The summed E-state index contributed by atoms with van der Waals surface area (Å²) in [7, 11) is 1.69. The first-order chi connectivity index (χ1) is 9.88. The van der Waals surface area contributed by atoms with E-state index in [1.54, 1.807) is 7.11 Å². The number of rotatable bonds is 5. The van der Waals surface area contributed by atoms with Crippen molar-refractivity contribution in [3.8, 4) is 11.4 Å². The van der Waals surface area contributed by atoms with Gasteiger partial charge in [-0.1, -0.05) is 0 Å². The molecule has 0 saturated heterocycles. The van der Waals surface area contributed by atoms with Crippen molar-refractivity contribution in [3.63, 3.8) is 0 Å². The highest BCUT2D eigenvalue weighted by Gasteiger charge is 2.28. The topological polar surface area (TPSA) is 26.2 Å². The van der Waals surface area contributed by atoms with Gasteiger partial charge in [0.05, 0.1) is 19.8 Å². The minimum absolute atomic E-state index is 0.636. The van der Waals surface area contributed by atoms with Crippen molar-refractivity contribution in [1.82, 2.24) is 0 Å². The van der Waals surface area contributed by atoms with Crippen LogP contribution in [0.15, 0.2) is 42.7 Å². The maximum atomic E-state index is 5.58. The lowest BCUT2D eigenvalue weighted by Gasteiger charge is -2.10. The van der Waals surface area contributed by atoms with E-state index in [1.165, 1.54) is 17.0 Å². The minimum Gasteiger partial charge on any atom is -0.382 e. The first-order valence-electron chi connectivity index (χ1n) is 6.96. The van der Waals surface area contributed by atoms with E-state index in [-0.39, 0.29) is 0 Å². The molecule has 0 atom stereocenters. The van der Waals surface area contributed by atoms with Gasteiger partial charge >= 0.3 is 0 Å². The van der Waals surface area contributed by atoms with E-state index in [0.717, 1.165) is 13.1 Å². The highest BCUT2D eigenvalue weighted by atomic mass is 16.5. The second kappa shape index (κ2) is 6.11. The van der Waals surface area contributed by atoms with Crippen LogP contribution in [0.2, 0.25) is 0 Å². The van der Waals surface area contributed by atoms with Crippen LogP contribution in [0.1, 0.15) is 5.56 Å². The summed E-state index contributed by atoms with van der Waals surface area (Å²) in [6.07, 6.45) is 4.33. The summed E-state index contributed by atoms with van der Waals surface area (Å²) in [5.41, 5.74) is 3.73. The fourth-order valence-electron chi connectivity index (χ4n) is 2.55. The molecule has 0 spiro atoms. The fourth-order valence-corrected chi connectivity index (χ4v) is 2.55. The fraction of sp³-hybridized carbons (Fsp3) is 0.375. The lowest BCUT2D eigenvalue weighted by molar-refractivity contribution is -0.795. The molecule has 1 aliphatic rings. The van der Waals surface area contributed by atoms with E-state index >= 15 is 0 Å². The molecule has 2 aromatic rings. The van der Waals surface area contributed by atoms with Crippen molar-refractivity contribution >= 4 is 0 Å². The molecule has 2 aromatic heterocycles. The SMILES string of the molecule is COCCOCc1ccc2[n+](c1)CC[n+]1ccccc1-2. The van der Waals surface area contributed by atoms with Crippen molar-refractivity contribution < 1.29 is 18.6 Å². The van der Waals surface area contributed by atoms with Crippen LogP contribution in [0.25, 0.3) is 11.4 Å². The van der Waals surface area contributed by atoms with E-state index < -0.39 is 0 Å². The van der Waals surface area contributed by atoms with E-state index in [1.807, 2.05) is 0 Å². The van der Waals surface area contributed by atoms with Crippen LogP contribution in [-0.2, 0) is 29.2 Å². The van der Waals surface area contributed by atoms with Crippen LogP contribution in [0.3, 0.4) is 0 Å². The quantitative estimate of drug-likeness (QED) is 0.602. The van der Waals surface area contributed by atoms with Gasteiger partial charge < -0.3 is 9.47 Å². The largest absolute Gasteiger partial charge is 0.382 e. The molecule has 0 bridgehead atoms. The second-order valence-electron chi connectivity index (χ2n) is 4.94. The summed E-state index contributed by atoms with van der Waals surface area (Å²) in [5.74, 6) is 0. The predicted molar refractivity (Wildman–Crippen MR) is 73.8 cm³/mol. The van der Waals surface area contributed by atoms with Crippen LogP contribution in [0.4, 0.5) is 0 Å². The summed E-state index contributed by atoms with van der Waals surface area (Å²) in [6.45, 7) is 3.93. The summed E-state index contributed by atoms with van der Waals surface area (Å²) >= 11 is 0. The van der Waals surface area contributed by atoms with E-state index in [4.69, 9.17) is 9.47 Å². The monoisotopic (exact) mass is 272 g/mol. The zero-order chi connectivity index (χ0) is 13.8. The lowest BCUT2D eigenvalue weighted by atomic mass is 10.1. The summed E-state index contributed by atoms with van der Waals surface area (Å²) in [6, 6.07) is 10.7. The van der Waals surface area contributed by atoms with Gasteiger partial charge in [0.2, 0.25) is 13.1 Å². The van der Waals surface area contributed by atoms with E-state index in [2.05, 4.69) is 51.9 Å². The van der Waals surface area contributed by atoms with Crippen molar-refractivity contribution in [3.05, 3.63) is 48.3 Å². The Balaban J connectivity index is 1.78. The predicted octanol–water partition coefficient (Wildman–Crippen LogP) is 1.11. The van der Waals surface area contributed by atoms with Gasteiger partial charge in [-0.15, -0.1) is 0 Å². The average Bonchev–Trinajstić information content (AvgIpc) is 2.51. The highest BCUT2D eigenvalue weighted by Crippen LogP contribution is 2.14. The van der Waals surface area contributed by atoms with Gasteiger partial charge in [0.15, 0.2) is 12.4 Å². The third-order valence-corrected chi connectivity index (χ3v) is 3.57. The summed E-state index contributed by atoms with van der Waals surface area (Å²) < 4.78 is 15.2. The molecule has 0 aromatic carbocycles. The Labute approximate surface area is 119 Å². The zero-order valence-corrected chi connectivity index (χ0v) is 11.8. The molecule has 0 saturated carbocycles. The van der Waals surface area contributed by atoms with Crippen molar-refractivity contribution in [2.24, 2.45) is 0 Å². The number of fused-ring (bicyclic) bond motifs is 3. The molecular weight excluding hydrogens is 252 g/mol. The smallest absolute Gasteiger partial charge is 0.277 e. The zero-order valence-electron chi connectivity index (χ0n) is 11.8. The van der Waals surface area contributed by atoms with Crippen LogP contribution in [0.5, 0.6) is 0 Å². The lowest BCUT2D eigenvalue weighted by Crippen LogP contribution is -2.53. The van der Waals surface area contributed by atoms with Crippen molar-refractivity contribution in [1.29, 1.82) is 0 Å². The molecule has 0 radical (unpaired) electrons. The van der Waals surface area contributed by atoms with E-state index in [9.17, 15) is 0 Å². The van der Waals surface area contributed by atoms with E-state index in [0.29, 0.717) is 19.8 Å². The molecule has 0 fully saturated rings. The van der Waals surface area contributed by atoms with Crippen LogP contribution >= 0.6 is 0 Å². The molecule has 0 N–H and O–H groups in total. The molecule has 0 amide bonds. The third kappa shape index (κ3) is 2.71. The van der Waals surface area contributed by atoms with Gasteiger partial charge in [-0.3, -0.25) is 0 Å². The van der Waals surface area contributed by atoms with Crippen molar-refractivity contribution in [2.75, 3.05) is 20.3 Å². The Bertz CT molecular complexity index is 599. The molecule has 4 nitrogen and oxygen atoms in total. The standard InChI is InChI=1S/C16H20N2O2/c1-19-10-11-20-13-14-5-6-16-15-4-2-3-7-17(15)8-9-18(16)12-14/h2-7,12H,8-11,13H2,1H3/q+2. The second-order valence-corrected chi connectivity index (χ2v) is 4.94. The van der Waals surface area contributed by atoms with Crippen LogP contribution in [-0.4, -0.2) is 20.3 Å². The Kier molecular flexibility index (Phi) is 4.04. The molecule has 3 rings (SSSR count). The Morgan fingerprint density at radius 1 is 1.00 bits per heavy atom. The highest BCUT2D eigenvalue weighted by molar-refractivity contribution is 5.46. The number of hydrogen-bond acceptors (Lipinski definition) is 2. The van der Waals surface area contributed by atoms with Gasteiger partial charge in [0, 0.05) is 30.9 Å². The van der Waals surface area contributed by atoms with Crippen molar-refractivity contribution in [2.45, 2.75) is 19.7 Å². The van der Waals surface area contributed by atoms with Crippen LogP contribution in [0, 0.1) is 0 Å². The summed E-state index contributed by atoms with van der Waals surface area (Å²) in [4.78, 5) is 0. The third-order valence-electron chi connectivity index (χ3n) is 3.57. The maximum absolute atomic E-state index is 5.58. The molecule has 0 unspecified atom stereocenters. The molecule has 4 heteroatoms. The number of aromatic nitrogens is 2. The molecule has 3 heterocycles. The number of hydrogen-bond donors (Lipinski definition) is 0. The summed E-state index contributed by atoms with van der Waals surface area (Å²) in [5, 5.41) is 0. The normalized spacial score (nSPS) is 12.8. The Morgan fingerprint density at radius 2 is 1.85 bits per heavy atom. The van der Waals surface area contributed by atoms with Gasteiger partial charge in [-0.05, 0) is 12.1 Å². The number of methoxy groups -OCH3 is 1. The number of aryl methyl sites for hydroxylation is 2. The van der Waals surface area contributed by atoms with Gasteiger partial charge in [0.1, 0.15) is 0 Å². The van der Waals surface area contributed by atoms with Crippen LogP contribution < -0.4 is 9.13 Å². The number of ether oxygens (including phenoxy) is 2. The number of pyridine rings is 2. The average molecular weight is 272 g/mol. The first-order valence-corrected chi connectivity index (χ1v) is 6.96. The molecule has 20 heavy (non-hydrogen) atoms.